The van der Waals surface area contributed by atoms with Crippen molar-refractivity contribution in [1.29, 1.82) is 0 Å². The van der Waals surface area contributed by atoms with Gasteiger partial charge in [-0.05, 0) is 38.9 Å². The van der Waals surface area contributed by atoms with Gasteiger partial charge in [-0.1, -0.05) is 19.3 Å². The van der Waals surface area contributed by atoms with E-state index in [4.69, 9.17) is 4.74 Å². The Kier molecular flexibility index (Phi) is 5.19. The van der Waals surface area contributed by atoms with Gasteiger partial charge in [0.15, 0.2) is 0 Å². The maximum absolute atomic E-state index is 6.13. The zero-order valence-corrected chi connectivity index (χ0v) is 12.2. The lowest BCUT2D eigenvalue weighted by Gasteiger charge is -2.44. The van der Waals surface area contributed by atoms with Gasteiger partial charge in [0, 0.05) is 24.4 Å². The van der Waals surface area contributed by atoms with Crippen LogP contribution in [-0.4, -0.2) is 36.3 Å². The zero-order chi connectivity index (χ0) is 12.1. The van der Waals surface area contributed by atoms with Crippen molar-refractivity contribution in [3.8, 4) is 0 Å². The van der Waals surface area contributed by atoms with Crippen LogP contribution < -0.4 is 5.32 Å². The summed E-state index contributed by atoms with van der Waals surface area (Å²) in [6, 6.07) is 1.32. The van der Waals surface area contributed by atoms with Gasteiger partial charge in [0.05, 0.1) is 5.60 Å². The first-order valence-corrected chi connectivity index (χ1v) is 8.52. The lowest BCUT2D eigenvalue weighted by molar-refractivity contribution is -0.109. The lowest BCUT2D eigenvalue weighted by Crippen LogP contribution is -2.50. The average molecular weight is 257 g/mol. The van der Waals surface area contributed by atoms with Gasteiger partial charge in [0.1, 0.15) is 0 Å². The van der Waals surface area contributed by atoms with Gasteiger partial charge < -0.3 is 10.1 Å². The van der Waals surface area contributed by atoms with E-state index >= 15 is 0 Å². The molecule has 0 radical (unpaired) electrons. The first-order chi connectivity index (χ1) is 8.24. The first kappa shape index (κ1) is 13.7. The third kappa shape index (κ3) is 3.87. The minimum Gasteiger partial charge on any atom is -0.375 e. The number of hydrogen-bond donors (Lipinski definition) is 1. The Morgan fingerprint density at radius 2 is 2.12 bits per heavy atom. The Morgan fingerprint density at radius 3 is 2.82 bits per heavy atom. The molecule has 0 amide bonds. The van der Waals surface area contributed by atoms with Crippen molar-refractivity contribution in [3.63, 3.8) is 0 Å². The molecule has 1 aliphatic heterocycles. The summed E-state index contributed by atoms with van der Waals surface area (Å²) in [5, 5.41) is 3.79. The van der Waals surface area contributed by atoms with Crippen molar-refractivity contribution in [2.24, 2.45) is 0 Å². The summed E-state index contributed by atoms with van der Waals surface area (Å²) in [6.07, 6.45) is 11.4. The highest BCUT2D eigenvalue weighted by Gasteiger charge is 2.38. The standard InChI is InChI=1S/C14H27NOS/c1-12(11-17-2)15-13-6-9-16-14(10-13)7-4-3-5-8-14/h12-13,15H,3-11H2,1-2H3. The Balaban J connectivity index is 1.83. The summed E-state index contributed by atoms with van der Waals surface area (Å²) in [6.45, 7) is 3.27. The summed E-state index contributed by atoms with van der Waals surface area (Å²) >= 11 is 1.93. The van der Waals surface area contributed by atoms with Crippen molar-refractivity contribution in [2.45, 2.75) is 69.6 Å². The van der Waals surface area contributed by atoms with Gasteiger partial charge in [0.25, 0.3) is 0 Å². The summed E-state index contributed by atoms with van der Waals surface area (Å²) in [7, 11) is 0. The van der Waals surface area contributed by atoms with Gasteiger partial charge in [0.2, 0.25) is 0 Å². The van der Waals surface area contributed by atoms with Gasteiger partial charge in [-0.3, -0.25) is 0 Å². The number of rotatable bonds is 4. The van der Waals surface area contributed by atoms with Crippen LogP contribution in [0.3, 0.4) is 0 Å². The molecule has 0 aromatic carbocycles. The van der Waals surface area contributed by atoms with Crippen LogP contribution in [0.1, 0.15) is 51.9 Å². The minimum absolute atomic E-state index is 0.243. The monoisotopic (exact) mass is 257 g/mol. The highest BCUT2D eigenvalue weighted by atomic mass is 32.2. The Morgan fingerprint density at radius 1 is 1.35 bits per heavy atom. The molecule has 1 N–H and O–H groups in total. The van der Waals surface area contributed by atoms with Crippen LogP contribution in [0.15, 0.2) is 0 Å². The molecule has 2 aliphatic rings. The fourth-order valence-electron chi connectivity index (χ4n) is 3.42. The molecule has 0 aromatic heterocycles. The number of thioether (sulfide) groups is 1. The first-order valence-electron chi connectivity index (χ1n) is 7.13. The maximum Gasteiger partial charge on any atom is 0.0697 e. The van der Waals surface area contributed by atoms with Crippen LogP contribution in [0.5, 0.6) is 0 Å². The predicted octanol–water partition coefficient (Wildman–Crippen LogP) is 3.21. The van der Waals surface area contributed by atoms with Gasteiger partial charge >= 0.3 is 0 Å². The van der Waals surface area contributed by atoms with E-state index in [1.807, 2.05) is 11.8 Å². The second kappa shape index (κ2) is 6.44. The van der Waals surface area contributed by atoms with Gasteiger partial charge in [-0.15, -0.1) is 0 Å². The third-order valence-electron chi connectivity index (χ3n) is 4.19. The molecule has 1 heterocycles. The third-order valence-corrected chi connectivity index (χ3v) is 5.03. The van der Waals surface area contributed by atoms with Crippen molar-refractivity contribution < 1.29 is 4.74 Å². The van der Waals surface area contributed by atoms with E-state index in [1.165, 1.54) is 50.7 Å². The quantitative estimate of drug-likeness (QED) is 0.835. The second-order valence-electron chi connectivity index (χ2n) is 5.80. The van der Waals surface area contributed by atoms with E-state index in [2.05, 4.69) is 18.5 Å². The molecule has 2 atom stereocenters. The van der Waals surface area contributed by atoms with E-state index < -0.39 is 0 Å². The van der Waals surface area contributed by atoms with E-state index in [1.54, 1.807) is 0 Å². The fraction of sp³-hybridized carbons (Fsp3) is 1.00. The smallest absolute Gasteiger partial charge is 0.0697 e. The van der Waals surface area contributed by atoms with E-state index in [0.717, 1.165) is 6.61 Å². The van der Waals surface area contributed by atoms with E-state index in [-0.39, 0.29) is 5.60 Å². The number of hydrogen-bond acceptors (Lipinski definition) is 3. The van der Waals surface area contributed by atoms with Crippen molar-refractivity contribution in [1.82, 2.24) is 5.32 Å². The molecule has 1 aliphatic carbocycles. The maximum atomic E-state index is 6.13. The van der Waals surface area contributed by atoms with Crippen LogP contribution in [0.2, 0.25) is 0 Å². The summed E-state index contributed by atoms with van der Waals surface area (Å²) in [5.74, 6) is 1.21. The number of nitrogens with one attached hydrogen (secondary N) is 1. The Bertz CT molecular complexity index is 223. The van der Waals surface area contributed by atoms with Crippen LogP contribution in [0.25, 0.3) is 0 Å². The molecule has 2 unspecified atom stereocenters. The van der Waals surface area contributed by atoms with Crippen LogP contribution in [0.4, 0.5) is 0 Å². The minimum atomic E-state index is 0.243. The zero-order valence-electron chi connectivity index (χ0n) is 11.3. The Labute approximate surface area is 110 Å². The molecule has 1 spiro atoms. The van der Waals surface area contributed by atoms with Crippen molar-refractivity contribution in [3.05, 3.63) is 0 Å². The van der Waals surface area contributed by atoms with Gasteiger partial charge in [-0.2, -0.15) is 11.8 Å². The van der Waals surface area contributed by atoms with Crippen LogP contribution in [0, 0.1) is 0 Å². The molecule has 2 fully saturated rings. The normalized spacial score (nSPS) is 30.4. The summed E-state index contributed by atoms with van der Waals surface area (Å²) in [4.78, 5) is 0. The van der Waals surface area contributed by atoms with Crippen LogP contribution >= 0.6 is 11.8 Å². The highest BCUT2D eigenvalue weighted by Crippen LogP contribution is 2.38. The van der Waals surface area contributed by atoms with E-state index in [9.17, 15) is 0 Å². The van der Waals surface area contributed by atoms with E-state index in [0.29, 0.717) is 12.1 Å². The second-order valence-corrected chi connectivity index (χ2v) is 6.72. The predicted molar refractivity (Wildman–Crippen MR) is 75.8 cm³/mol. The topological polar surface area (TPSA) is 21.3 Å². The van der Waals surface area contributed by atoms with Gasteiger partial charge in [-0.25, -0.2) is 0 Å². The lowest BCUT2D eigenvalue weighted by atomic mass is 9.78. The molecule has 1 saturated carbocycles. The molecule has 2 nitrogen and oxygen atoms in total. The number of ether oxygens (including phenoxy) is 1. The van der Waals surface area contributed by atoms with Crippen molar-refractivity contribution >= 4 is 11.8 Å². The van der Waals surface area contributed by atoms with Crippen LogP contribution in [-0.2, 0) is 4.74 Å². The molecule has 3 heteroatoms. The molecular formula is C14H27NOS. The largest absolute Gasteiger partial charge is 0.375 e. The molecule has 1 saturated heterocycles. The average Bonchev–Trinajstić information content (AvgIpc) is 2.30. The molecule has 17 heavy (non-hydrogen) atoms. The molecule has 0 aromatic rings. The highest BCUT2D eigenvalue weighted by molar-refractivity contribution is 7.98. The SMILES string of the molecule is CSCC(C)NC1CCOC2(CCCCC2)C1. The summed E-state index contributed by atoms with van der Waals surface area (Å²) < 4.78 is 6.13. The molecule has 2 rings (SSSR count). The summed E-state index contributed by atoms with van der Waals surface area (Å²) in [5.41, 5.74) is 0.243. The molecule has 100 valence electrons. The van der Waals surface area contributed by atoms with Crippen molar-refractivity contribution in [2.75, 3.05) is 18.6 Å². The fourth-order valence-corrected chi connectivity index (χ4v) is 4.01. The Hall–Kier alpha value is 0.270. The molecule has 0 bridgehead atoms. The molecular weight excluding hydrogens is 230 g/mol.